The highest BCUT2D eigenvalue weighted by Crippen LogP contribution is 2.32. The standard InChI is InChI=1S/C22H20N2O6.C2H6/c1-2-27-22(26)20-21(25)19(30-14-15-6-4-3-5-7-15)13-24(23-20)16-8-9-17-18(12-16)29-11-10-28-17;1-2/h3-9,12-13H,2,10-11,14H2,1H3;1-2H3. The van der Waals surface area contributed by atoms with Gasteiger partial charge in [-0.05, 0) is 24.6 Å². The molecule has 0 saturated heterocycles. The quantitative estimate of drug-likeness (QED) is 0.541. The molecule has 0 saturated carbocycles. The number of fused-ring (bicyclic) bond motifs is 1. The van der Waals surface area contributed by atoms with Gasteiger partial charge in [0, 0.05) is 6.07 Å². The number of hydrogen-bond acceptors (Lipinski definition) is 7. The number of benzene rings is 2. The summed E-state index contributed by atoms with van der Waals surface area (Å²) >= 11 is 0. The molecule has 0 bridgehead atoms. The molecule has 1 aliphatic heterocycles. The molecule has 0 spiro atoms. The van der Waals surface area contributed by atoms with Crippen molar-refractivity contribution in [3.05, 3.63) is 76.2 Å². The fraction of sp³-hybridized carbons (Fsp3) is 0.292. The molecule has 0 aliphatic carbocycles. The Hall–Kier alpha value is -3.81. The van der Waals surface area contributed by atoms with Gasteiger partial charge in [-0.2, -0.15) is 5.10 Å². The van der Waals surface area contributed by atoms with Crippen molar-refractivity contribution in [1.29, 1.82) is 0 Å². The highest BCUT2D eigenvalue weighted by molar-refractivity contribution is 5.87. The lowest BCUT2D eigenvalue weighted by Crippen LogP contribution is -2.25. The molecule has 32 heavy (non-hydrogen) atoms. The molecule has 1 aromatic heterocycles. The van der Waals surface area contributed by atoms with Crippen LogP contribution in [0, 0.1) is 0 Å². The molecule has 0 atom stereocenters. The van der Waals surface area contributed by atoms with Crippen molar-refractivity contribution in [1.82, 2.24) is 9.78 Å². The Morgan fingerprint density at radius 3 is 2.50 bits per heavy atom. The van der Waals surface area contributed by atoms with Crippen molar-refractivity contribution in [2.75, 3.05) is 19.8 Å². The molecule has 8 nitrogen and oxygen atoms in total. The fourth-order valence-corrected chi connectivity index (χ4v) is 2.95. The normalized spacial score (nSPS) is 11.7. The van der Waals surface area contributed by atoms with Gasteiger partial charge in [-0.1, -0.05) is 44.2 Å². The highest BCUT2D eigenvalue weighted by atomic mass is 16.6. The lowest BCUT2D eigenvalue weighted by molar-refractivity contribution is 0.0514. The molecular formula is C24H26N2O6. The van der Waals surface area contributed by atoms with Crippen LogP contribution in [0.25, 0.3) is 5.69 Å². The van der Waals surface area contributed by atoms with Gasteiger partial charge in [-0.3, -0.25) is 4.79 Å². The first-order valence-corrected chi connectivity index (χ1v) is 10.5. The maximum atomic E-state index is 12.8. The number of ether oxygens (including phenoxy) is 4. The summed E-state index contributed by atoms with van der Waals surface area (Å²) in [5, 5.41) is 4.18. The van der Waals surface area contributed by atoms with Crippen LogP contribution in [0.15, 0.2) is 59.5 Å². The van der Waals surface area contributed by atoms with Crippen molar-refractivity contribution in [2.45, 2.75) is 27.4 Å². The van der Waals surface area contributed by atoms with E-state index in [1.807, 2.05) is 44.2 Å². The predicted molar refractivity (Wildman–Crippen MR) is 119 cm³/mol. The summed E-state index contributed by atoms with van der Waals surface area (Å²) in [6.45, 7) is 6.87. The molecule has 8 heteroatoms. The van der Waals surface area contributed by atoms with E-state index in [9.17, 15) is 9.59 Å². The van der Waals surface area contributed by atoms with E-state index in [2.05, 4.69) is 5.10 Å². The van der Waals surface area contributed by atoms with Gasteiger partial charge in [-0.25, -0.2) is 9.48 Å². The van der Waals surface area contributed by atoms with Crippen LogP contribution in [0.3, 0.4) is 0 Å². The minimum absolute atomic E-state index is 0.00760. The highest BCUT2D eigenvalue weighted by Gasteiger charge is 2.21. The van der Waals surface area contributed by atoms with E-state index >= 15 is 0 Å². The van der Waals surface area contributed by atoms with Crippen LogP contribution < -0.4 is 19.6 Å². The third-order valence-electron chi connectivity index (χ3n) is 4.38. The summed E-state index contributed by atoms with van der Waals surface area (Å²) in [4.78, 5) is 25.1. The second-order valence-corrected chi connectivity index (χ2v) is 6.44. The Labute approximate surface area is 186 Å². The van der Waals surface area contributed by atoms with E-state index in [1.54, 1.807) is 25.1 Å². The number of carbonyl (C=O) groups excluding carboxylic acids is 1. The molecule has 0 amide bonds. The number of rotatable bonds is 6. The van der Waals surface area contributed by atoms with Gasteiger partial charge in [0.1, 0.15) is 19.8 Å². The SMILES string of the molecule is CC.CCOC(=O)c1nn(-c2ccc3c(c2)OCCO3)cc(OCc2ccccc2)c1=O. The number of aromatic nitrogens is 2. The minimum atomic E-state index is -0.807. The maximum Gasteiger partial charge on any atom is 0.363 e. The van der Waals surface area contributed by atoms with Crippen molar-refractivity contribution < 1.29 is 23.7 Å². The third-order valence-corrected chi connectivity index (χ3v) is 4.38. The lowest BCUT2D eigenvalue weighted by Gasteiger charge is -2.19. The van der Waals surface area contributed by atoms with Crippen molar-refractivity contribution in [3.63, 3.8) is 0 Å². The second-order valence-electron chi connectivity index (χ2n) is 6.44. The molecular weight excluding hydrogens is 412 g/mol. The van der Waals surface area contributed by atoms with Crippen LogP contribution >= 0.6 is 0 Å². The lowest BCUT2D eigenvalue weighted by atomic mass is 10.2. The number of esters is 1. The Kier molecular flexibility index (Phi) is 7.85. The monoisotopic (exact) mass is 438 g/mol. The van der Waals surface area contributed by atoms with Gasteiger partial charge in [0.25, 0.3) is 5.43 Å². The van der Waals surface area contributed by atoms with Gasteiger partial charge in [0.2, 0.25) is 5.69 Å². The summed E-state index contributed by atoms with van der Waals surface area (Å²) < 4.78 is 23.3. The average Bonchev–Trinajstić information content (AvgIpc) is 2.85. The van der Waals surface area contributed by atoms with Gasteiger partial charge in [-0.15, -0.1) is 0 Å². The smallest absolute Gasteiger partial charge is 0.363 e. The largest absolute Gasteiger partial charge is 0.486 e. The van der Waals surface area contributed by atoms with Crippen LogP contribution in [0.4, 0.5) is 0 Å². The predicted octanol–water partition coefficient (Wildman–Crippen LogP) is 3.79. The zero-order valence-electron chi connectivity index (χ0n) is 18.4. The van der Waals surface area contributed by atoms with E-state index in [1.165, 1.54) is 10.9 Å². The first kappa shape index (κ1) is 22.9. The van der Waals surface area contributed by atoms with Gasteiger partial charge in [0.15, 0.2) is 17.2 Å². The van der Waals surface area contributed by atoms with E-state index in [-0.39, 0.29) is 24.7 Å². The van der Waals surface area contributed by atoms with Gasteiger partial charge >= 0.3 is 5.97 Å². The number of hydrogen-bond donors (Lipinski definition) is 0. The Morgan fingerprint density at radius 1 is 1.06 bits per heavy atom. The summed E-state index contributed by atoms with van der Waals surface area (Å²) in [6.07, 6.45) is 1.44. The molecule has 4 rings (SSSR count). The molecule has 0 N–H and O–H groups in total. The van der Waals surface area contributed by atoms with E-state index in [4.69, 9.17) is 18.9 Å². The van der Waals surface area contributed by atoms with Crippen molar-refractivity contribution in [3.8, 4) is 22.9 Å². The second kappa shape index (κ2) is 11.0. The first-order chi connectivity index (χ1) is 15.7. The van der Waals surface area contributed by atoms with Crippen LogP contribution in [0.2, 0.25) is 0 Å². The minimum Gasteiger partial charge on any atom is -0.486 e. The summed E-state index contributed by atoms with van der Waals surface area (Å²) in [5.74, 6) is 0.367. The summed E-state index contributed by atoms with van der Waals surface area (Å²) in [5.41, 5.74) is 0.488. The summed E-state index contributed by atoms with van der Waals surface area (Å²) in [7, 11) is 0. The Balaban J connectivity index is 0.00000141. The molecule has 168 valence electrons. The average molecular weight is 438 g/mol. The van der Waals surface area contributed by atoms with E-state index in [0.717, 1.165) is 5.56 Å². The van der Waals surface area contributed by atoms with E-state index < -0.39 is 11.4 Å². The van der Waals surface area contributed by atoms with Crippen molar-refractivity contribution in [2.24, 2.45) is 0 Å². The Bertz CT molecular complexity index is 1110. The van der Waals surface area contributed by atoms with Gasteiger partial charge < -0.3 is 18.9 Å². The molecule has 2 aromatic carbocycles. The number of nitrogens with zero attached hydrogens (tertiary/aromatic N) is 2. The Morgan fingerprint density at radius 2 is 1.78 bits per heavy atom. The van der Waals surface area contributed by atoms with Crippen LogP contribution in [-0.4, -0.2) is 35.6 Å². The zero-order valence-corrected chi connectivity index (χ0v) is 18.4. The van der Waals surface area contributed by atoms with Crippen LogP contribution in [-0.2, 0) is 11.3 Å². The molecule has 0 unspecified atom stereocenters. The molecule has 2 heterocycles. The van der Waals surface area contributed by atoms with Gasteiger partial charge in [0.05, 0.1) is 18.5 Å². The summed E-state index contributed by atoms with van der Waals surface area (Å²) in [6, 6.07) is 14.6. The fourth-order valence-electron chi connectivity index (χ4n) is 2.95. The van der Waals surface area contributed by atoms with Crippen LogP contribution in [0.1, 0.15) is 36.8 Å². The maximum absolute atomic E-state index is 12.8. The van der Waals surface area contributed by atoms with E-state index in [0.29, 0.717) is 30.4 Å². The topological polar surface area (TPSA) is 88.9 Å². The third kappa shape index (κ3) is 5.26. The number of carbonyl (C=O) groups is 1. The molecule has 1 aliphatic rings. The van der Waals surface area contributed by atoms with Crippen molar-refractivity contribution >= 4 is 5.97 Å². The first-order valence-electron chi connectivity index (χ1n) is 10.5. The molecule has 0 radical (unpaired) electrons. The van der Waals surface area contributed by atoms with Crippen LogP contribution in [0.5, 0.6) is 17.2 Å². The molecule has 3 aromatic rings. The molecule has 0 fully saturated rings. The zero-order chi connectivity index (χ0) is 22.9.